The molecule has 2 aliphatic heterocycles. The summed E-state index contributed by atoms with van der Waals surface area (Å²) in [6, 6.07) is 15.0. The number of ether oxygens (including phenoxy) is 2. The van der Waals surface area contributed by atoms with Gasteiger partial charge in [0, 0.05) is 50.2 Å². The van der Waals surface area contributed by atoms with Gasteiger partial charge in [-0.25, -0.2) is 4.98 Å². The van der Waals surface area contributed by atoms with Crippen molar-refractivity contribution >= 4 is 22.7 Å². The Morgan fingerprint density at radius 2 is 1.70 bits per heavy atom. The van der Waals surface area contributed by atoms with Crippen molar-refractivity contribution in [2.24, 2.45) is 0 Å². The van der Waals surface area contributed by atoms with E-state index in [2.05, 4.69) is 45.4 Å². The van der Waals surface area contributed by atoms with E-state index < -0.39 is 0 Å². The molecule has 2 aromatic carbocycles. The van der Waals surface area contributed by atoms with Gasteiger partial charge in [-0.05, 0) is 37.3 Å². The summed E-state index contributed by atoms with van der Waals surface area (Å²) in [4.78, 5) is 14.7. The first-order chi connectivity index (χ1) is 16.2. The van der Waals surface area contributed by atoms with Crippen LogP contribution in [-0.4, -0.2) is 61.3 Å². The predicted molar refractivity (Wildman–Crippen MR) is 132 cm³/mol. The number of nitrogens with one attached hydrogen (secondary N) is 1. The van der Waals surface area contributed by atoms with Crippen molar-refractivity contribution in [2.45, 2.75) is 38.3 Å². The maximum Gasteiger partial charge on any atom is 0.227 e. The van der Waals surface area contributed by atoms with E-state index in [0.717, 1.165) is 61.8 Å². The van der Waals surface area contributed by atoms with Crippen molar-refractivity contribution in [3.63, 3.8) is 0 Å². The smallest absolute Gasteiger partial charge is 0.227 e. The lowest BCUT2D eigenvalue weighted by molar-refractivity contribution is 0.328. The van der Waals surface area contributed by atoms with Crippen molar-refractivity contribution in [2.75, 3.05) is 50.6 Å². The van der Waals surface area contributed by atoms with Gasteiger partial charge in [0.1, 0.15) is 5.82 Å². The Morgan fingerprint density at radius 3 is 2.45 bits per heavy atom. The highest BCUT2D eigenvalue weighted by molar-refractivity contribution is 5.93. The summed E-state index contributed by atoms with van der Waals surface area (Å²) in [5.41, 5.74) is 2.24. The Labute approximate surface area is 195 Å². The highest BCUT2D eigenvalue weighted by Gasteiger charge is 2.25. The third-order valence-electron chi connectivity index (χ3n) is 6.69. The second-order valence-electron chi connectivity index (χ2n) is 8.99. The lowest BCUT2D eigenvalue weighted by Gasteiger charge is -2.28. The number of aromatic nitrogens is 2. The molecule has 1 N–H and O–H groups in total. The van der Waals surface area contributed by atoms with E-state index in [4.69, 9.17) is 19.4 Å². The van der Waals surface area contributed by atoms with Gasteiger partial charge in [-0.1, -0.05) is 30.3 Å². The second-order valence-corrected chi connectivity index (χ2v) is 8.99. The van der Waals surface area contributed by atoms with Crippen molar-refractivity contribution in [3.05, 3.63) is 48.0 Å². The van der Waals surface area contributed by atoms with Gasteiger partial charge in [0.25, 0.3) is 0 Å². The van der Waals surface area contributed by atoms with E-state index in [1.807, 2.05) is 12.1 Å². The first-order valence-corrected chi connectivity index (χ1v) is 11.9. The molecule has 5 rings (SSSR count). The number of rotatable bonds is 7. The standard InChI is InChI=1S/C26H33N5O2/c1-32-23-15-21-22(16-24(23)33-2)28-26(31-12-7-4-8-13-31)29-25(21)27-20-11-14-30(18-20)17-19-9-5-3-6-10-19/h3,5-6,9-10,15-16,20H,4,7-8,11-14,17-18H2,1-2H3,(H,27,28,29). The average molecular weight is 448 g/mol. The minimum atomic E-state index is 0.342. The molecule has 7 nitrogen and oxygen atoms in total. The zero-order valence-electron chi connectivity index (χ0n) is 19.6. The van der Waals surface area contributed by atoms with Gasteiger partial charge in [0.2, 0.25) is 5.95 Å². The zero-order valence-corrected chi connectivity index (χ0v) is 19.6. The number of nitrogens with zero attached hydrogens (tertiary/aromatic N) is 4. The zero-order chi connectivity index (χ0) is 22.6. The van der Waals surface area contributed by atoms with Gasteiger partial charge in [-0.15, -0.1) is 0 Å². The second kappa shape index (κ2) is 9.83. The van der Waals surface area contributed by atoms with Gasteiger partial charge in [0.15, 0.2) is 11.5 Å². The molecule has 3 aromatic rings. The first kappa shape index (κ1) is 21.8. The van der Waals surface area contributed by atoms with E-state index in [1.54, 1.807) is 14.2 Å². The third kappa shape index (κ3) is 4.83. The van der Waals surface area contributed by atoms with Crippen molar-refractivity contribution in [1.82, 2.24) is 14.9 Å². The van der Waals surface area contributed by atoms with E-state index in [-0.39, 0.29) is 0 Å². The number of methoxy groups -OCH3 is 2. The Morgan fingerprint density at radius 1 is 0.939 bits per heavy atom. The van der Waals surface area contributed by atoms with Crippen LogP contribution in [0.1, 0.15) is 31.2 Å². The van der Waals surface area contributed by atoms with E-state index in [9.17, 15) is 0 Å². The van der Waals surface area contributed by atoms with Crippen LogP contribution in [0, 0.1) is 0 Å². The van der Waals surface area contributed by atoms with Crippen LogP contribution >= 0.6 is 0 Å². The number of benzene rings is 2. The molecule has 0 saturated carbocycles. The van der Waals surface area contributed by atoms with Gasteiger partial charge in [0.05, 0.1) is 19.7 Å². The lowest BCUT2D eigenvalue weighted by atomic mass is 10.1. The van der Waals surface area contributed by atoms with Gasteiger partial charge >= 0.3 is 0 Å². The fraction of sp³-hybridized carbons (Fsp3) is 0.462. The SMILES string of the molecule is COc1cc2nc(N3CCCCC3)nc(NC3CCN(Cc4ccccc4)C3)c2cc1OC. The Kier molecular flexibility index (Phi) is 6.48. The molecule has 7 heteroatoms. The molecule has 1 unspecified atom stereocenters. The van der Waals surface area contributed by atoms with Crippen LogP contribution in [0.5, 0.6) is 11.5 Å². The summed E-state index contributed by atoms with van der Waals surface area (Å²) < 4.78 is 11.1. The van der Waals surface area contributed by atoms with Crippen LogP contribution in [0.2, 0.25) is 0 Å². The van der Waals surface area contributed by atoms with E-state index in [1.165, 1.54) is 24.8 Å². The molecule has 0 bridgehead atoms. The Balaban J connectivity index is 1.42. The van der Waals surface area contributed by atoms with E-state index in [0.29, 0.717) is 17.5 Å². The summed E-state index contributed by atoms with van der Waals surface area (Å²) in [5.74, 6) is 3.07. The highest BCUT2D eigenvalue weighted by atomic mass is 16.5. The molecule has 3 heterocycles. The van der Waals surface area contributed by atoms with Gasteiger partial charge in [-0.2, -0.15) is 4.98 Å². The molecule has 1 atom stereocenters. The fourth-order valence-corrected chi connectivity index (χ4v) is 4.92. The summed E-state index contributed by atoms with van der Waals surface area (Å²) in [5, 5.41) is 4.72. The number of piperidine rings is 1. The van der Waals surface area contributed by atoms with Gasteiger partial charge in [-0.3, -0.25) is 4.90 Å². The molecule has 0 aliphatic carbocycles. The Bertz CT molecular complexity index is 1080. The van der Waals surface area contributed by atoms with Crippen LogP contribution in [0.25, 0.3) is 10.9 Å². The normalized spacial score (nSPS) is 19.1. The molecule has 0 radical (unpaired) electrons. The number of fused-ring (bicyclic) bond motifs is 1. The number of likely N-dealkylation sites (tertiary alicyclic amines) is 1. The maximum atomic E-state index is 5.57. The first-order valence-electron chi connectivity index (χ1n) is 11.9. The van der Waals surface area contributed by atoms with Gasteiger partial charge < -0.3 is 19.7 Å². The molecular formula is C26H33N5O2. The molecule has 2 saturated heterocycles. The molecule has 1 aromatic heterocycles. The fourth-order valence-electron chi connectivity index (χ4n) is 4.92. The third-order valence-corrected chi connectivity index (χ3v) is 6.69. The molecule has 2 fully saturated rings. The maximum absolute atomic E-state index is 5.57. The molecule has 174 valence electrons. The van der Waals surface area contributed by atoms with Crippen LogP contribution in [0.4, 0.5) is 11.8 Å². The van der Waals surface area contributed by atoms with Crippen molar-refractivity contribution in [3.8, 4) is 11.5 Å². The summed E-state index contributed by atoms with van der Waals surface area (Å²) in [6.45, 7) is 5.06. The van der Waals surface area contributed by atoms with Crippen molar-refractivity contribution < 1.29 is 9.47 Å². The molecule has 0 spiro atoms. The predicted octanol–water partition coefficient (Wildman–Crippen LogP) is 4.32. The summed E-state index contributed by atoms with van der Waals surface area (Å²) >= 11 is 0. The number of anilines is 2. The molecule has 33 heavy (non-hydrogen) atoms. The van der Waals surface area contributed by atoms with Crippen molar-refractivity contribution in [1.29, 1.82) is 0 Å². The number of hydrogen-bond donors (Lipinski definition) is 1. The van der Waals surface area contributed by atoms with Crippen LogP contribution in [-0.2, 0) is 6.54 Å². The average Bonchev–Trinajstić information content (AvgIpc) is 3.30. The summed E-state index contributed by atoms with van der Waals surface area (Å²) in [7, 11) is 3.33. The minimum absolute atomic E-state index is 0.342. The lowest BCUT2D eigenvalue weighted by Crippen LogP contribution is -2.31. The molecule has 0 amide bonds. The van der Waals surface area contributed by atoms with Crippen LogP contribution < -0.4 is 19.7 Å². The number of hydrogen-bond acceptors (Lipinski definition) is 7. The molecule has 2 aliphatic rings. The minimum Gasteiger partial charge on any atom is -0.493 e. The highest BCUT2D eigenvalue weighted by Crippen LogP contribution is 2.36. The van der Waals surface area contributed by atoms with Crippen LogP contribution in [0.3, 0.4) is 0 Å². The summed E-state index contributed by atoms with van der Waals surface area (Å²) in [6.07, 6.45) is 4.74. The monoisotopic (exact) mass is 447 g/mol. The van der Waals surface area contributed by atoms with Crippen LogP contribution in [0.15, 0.2) is 42.5 Å². The van der Waals surface area contributed by atoms with E-state index >= 15 is 0 Å². The quantitative estimate of drug-likeness (QED) is 0.579. The Hall–Kier alpha value is -3.06. The largest absolute Gasteiger partial charge is 0.493 e. The topological polar surface area (TPSA) is 62.8 Å². The molecular weight excluding hydrogens is 414 g/mol.